The SMILES string of the molecule is C[C@](CCCCCBr)(CO[C@@H]1CCCCO1)c1ccccc1. The van der Waals surface area contributed by atoms with Gasteiger partial charge in [-0.3, -0.25) is 0 Å². The normalized spacial score (nSPS) is 21.5. The summed E-state index contributed by atoms with van der Waals surface area (Å²) >= 11 is 3.52. The van der Waals surface area contributed by atoms with E-state index in [0.29, 0.717) is 0 Å². The van der Waals surface area contributed by atoms with Crippen LogP contribution in [0, 0.1) is 0 Å². The maximum atomic E-state index is 6.13. The first kappa shape index (κ1) is 18.0. The van der Waals surface area contributed by atoms with Crippen LogP contribution >= 0.6 is 15.9 Å². The van der Waals surface area contributed by atoms with Gasteiger partial charge in [0.15, 0.2) is 6.29 Å². The molecule has 0 aliphatic carbocycles. The molecule has 124 valence electrons. The first-order valence-electron chi connectivity index (χ1n) is 8.59. The molecule has 22 heavy (non-hydrogen) atoms. The van der Waals surface area contributed by atoms with E-state index >= 15 is 0 Å². The molecule has 0 N–H and O–H groups in total. The highest BCUT2D eigenvalue weighted by molar-refractivity contribution is 9.09. The Morgan fingerprint density at radius 2 is 2.00 bits per heavy atom. The maximum absolute atomic E-state index is 6.13. The van der Waals surface area contributed by atoms with Crippen molar-refractivity contribution in [3.05, 3.63) is 35.9 Å². The van der Waals surface area contributed by atoms with E-state index in [1.807, 2.05) is 0 Å². The van der Waals surface area contributed by atoms with Gasteiger partial charge in [0.2, 0.25) is 0 Å². The molecular formula is C19H29BrO2. The molecule has 1 aromatic rings. The second-order valence-corrected chi connectivity index (χ2v) is 7.33. The Bertz CT molecular complexity index is 403. The standard InChI is InChI=1S/C19H29BrO2/c1-19(13-7-3-8-14-20,17-10-4-2-5-11-17)16-22-18-12-6-9-15-21-18/h2,4-5,10-11,18H,3,6-9,12-16H2,1H3/t18-,19+/m1/s1. The van der Waals surface area contributed by atoms with E-state index in [9.17, 15) is 0 Å². The van der Waals surface area contributed by atoms with Crippen LogP contribution in [0.1, 0.15) is 57.4 Å². The van der Waals surface area contributed by atoms with Crippen molar-refractivity contribution in [3.63, 3.8) is 0 Å². The zero-order valence-corrected chi connectivity index (χ0v) is 15.3. The Morgan fingerprint density at radius 1 is 1.18 bits per heavy atom. The zero-order valence-electron chi connectivity index (χ0n) is 13.7. The maximum Gasteiger partial charge on any atom is 0.157 e. The number of unbranched alkanes of at least 4 members (excludes halogenated alkanes) is 2. The number of hydrogen-bond acceptors (Lipinski definition) is 2. The van der Waals surface area contributed by atoms with Crippen molar-refractivity contribution in [1.82, 2.24) is 0 Å². The molecule has 0 amide bonds. The van der Waals surface area contributed by atoms with Crippen molar-refractivity contribution in [2.75, 3.05) is 18.5 Å². The third-order valence-electron chi connectivity index (χ3n) is 4.56. The Morgan fingerprint density at radius 3 is 2.68 bits per heavy atom. The van der Waals surface area contributed by atoms with Crippen LogP contribution in [0.2, 0.25) is 0 Å². The minimum Gasteiger partial charge on any atom is -0.353 e. The van der Waals surface area contributed by atoms with Crippen LogP contribution < -0.4 is 0 Å². The number of benzene rings is 1. The van der Waals surface area contributed by atoms with Gasteiger partial charge in [0.25, 0.3) is 0 Å². The van der Waals surface area contributed by atoms with Gasteiger partial charge in [-0.25, -0.2) is 0 Å². The average Bonchev–Trinajstić information content (AvgIpc) is 2.59. The molecular weight excluding hydrogens is 340 g/mol. The molecule has 0 radical (unpaired) electrons. The van der Waals surface area contributed by atoms with Crippen LogP contribution in [-0.2, 0) is 14.9 Å². The molecule has 2 nitrogen and oxygen atoms in total. The first-order valence-corrected chi connectivity index (χ1v) is 9.71. The average molecular weight is 369 g/mol. The quantitative estimate of drug-likeness (QED) is 0.426. The van der Waals surface area contributed by atoms with Gasteiger partial charge in [0.05, 0.1) is 6.61 Å². The highest BCUT2D eigenvalue weighted by Crippen LogP contribution is 2.31. The van der Waals surface area contributed by atoms with E-state index in [1.54, 1.807) is 0 Å². The fraction of sp³-hybridized carbons (Fsp3) is 0.684. The second-order valence-electron chi connectivity index (χ2n) is 6.53. The molecule has 0 spiro atoms. The number of rotatable bonds is 9. The third-order valence-corrected chi connectivity index (χ3v) is 5.12. The molecule has 0 saturated carbocycles. The van der Waals surface area contributed by atoms with Gasteiger partial charge in [-0.15, -0.1) is 0 Å². The van der Waals surface area contributed by atoms with Crippen molar-refractivity contribution in [2.45, 2.75) is 63.6 Å². The van der Waals surface area contributed by atoms with Gasteiger partial charge in [-0.2, -0.15) is 0 Å². The summed E-state index contributed by atoms with van der Waals surface area (Å²) in [5.74, 6) is 0. The molecule has 1 aromatic carbocycles. The first-order chi connectivity index (χ1) is 10.7. The van der Waals surface area contributed by atoms with E-state index in [4.69, 9.17) is 9.47 Å². The predicted molar refractivity (Wildman–Crippen MR) is 95.6 cm³/mol. The lowest BCUT2D eigenvalue weighted by Crippen LogP contribution is -2.33. The molecule has 1 aliphatic rings. The second kappa shape index (κ2) is 9.69. The van der Waals surface area contributed by atoms with Crippen molar-refractivity contribution < 1.29 is 9.47 Å². The van der Waals surface area contributed by atoms with Gasteiger partial charge in [0, 0.05) is 17.4 Å². The topological polar surface area (TPSA) is 18.5 Å². The molecule has 2 atom stereocenters. The van der Waals surface area contributed by atoms with E-state index in [2.05, 4.69) is 53.2 Å². The van der Waals surface area contributed by atoms with E-state index in [0.717, 1.165) is 31.4 Å². The number of ether oxygens (including phenoxy) is 2. The Labute approximate surface area is 143 Å². The Hall–Kier alpha value is -0.380. The molecule has 0 unspecified atom stereocenters. The van der Waals surface area contributed by atoms with E-state index < -0.39 is 0 Å². The summed E-state index contributed by atoms with van der Waals surface area (Å²) in [7, 11) is 0. The summed E-state index contributed by atoms with van der Waals surface area (Å²) in [4.78, 5) is 0. The highest BCUT2D eigenvalue weighted by atomic mass is 79.9. The lowest BCUT2D eigenvalue weighted by molar-refractivity contribution is -0.171. The summed E-state index contributed by atoms with van der Waals surface area (Å²) < 4.78 is 11.9. The Balaban J connectivity index is 1.94. The van der Waals surface area contributed by atoms with Crippen molar-refractivity contribution in [3.8, 4) is 0 Å². The van der Waals surface area contributed by atoms with Gasteiger partial charge in [-0.1, -0.05) is 66.0 Å². The summed E-state index contributed by atoms with van der Waals surface area (Å²) in [6, 6.07) is 10.8. The lowest BCUT2D eigenvalue weighted by Gasteiger charge is -2.33. The van der Waals surface area contributed by atoms with Crippen molar-refractivity contribution in [2.24, 2.45) is 0 Å². The molecule has 1 saturated heterocycles. The summed E-state index contributed by atoms with van der Waals surface area (Å²) in [6.07, 6.45) is 8.35. The van der Waals surface area contributed by atoms with Gasteiger partial charge >= 0.3 is 0 Å². The van der Waals surface area contributed by atoms with Crippen LogP contribution in [0.25, 0.3) is 0 Å². The van der Waals surface area contributed by atoms with Crippen LogP contribution in [-0.4, -0.2) is 24.8 Å². The van der Waals surface area contributed by atoms with E-state index in [1.165, 1.54) is 37.7 Å². The van der Waals surface area contributed by atoms with Crippen LogP contribution in [0.3, 0.4) is 0 Å². The van der Waals surface area contributed by atoms with E-state index in [-0.39, 0.29) is 11.7 Å². The zero-order chi connectivity index (χ0) is 15.7. The smallest absolute Gasteiger partial charge is 0.157 e. The molecule has 0 bridgehead atoms. The third kappa shape index (κ3) is 5.68. The van der Waals surface area contributed by atoms with Crippen LogP contribution in [0.15, 0.2) is 30.3 Å². The minimum absolute atomic E-state index is 0.000621. The summed E-state index contributed by atoms with van der Waals surface area (Å²) in [6.45, 7) is 3.92. The molecule has 0 aromatic heterocycles. The van der Waals surface area contributed by atoms with Crippen LogP contribution in [0.4, 0.5) is 0 Å². The predicted octanol–water partition coefficient (Wildman–Crippen LogP) is 5.44. The largest absolute Gasteiger partial charge is 0.353 e. The number of alkyl halides is 1. The van der Waals surface area contributed by atoms with Crippen molar-refractivity contribution in [1.29, 1.82) is 0 Å². The van der Waals surface area contributed by atoms with Crippen molar-refractivity contribution >= 4 is 15.9 Å². The number of halogens is 1. The monoisotopic (exact) mass is 368 g/mol. The summed E-state index contributed by atoms with van der Waals surface area (Å²) in [5, 5.41) is 1.10. The molecule has 3 heteroatoms. The number of hydrogen-bond donors (Lipinski definition) is 0. The molecule has 1 aliphatic heterocycles. The Kier molecular flexibility index (Phi) is 7.91. The lowest BCUT2D eigenvalue weighted by atomic mass is 9.79. The molecule has 2 rings (SSSR count). The fourth-order valence-corrected chi connectivity index (χ4v) is 3.44. The summed E-state index contributed by atoms with van der Waals surface area (Å²) in [5.41, 5.74) is 1.46. The van der Waals surface area contributed by atoms with Gasteiger partial charge in [0.1, 0.15) is 0 Å². The van der Waals surface area contributed by atoms with Crippen LogP contribution in [0.5, 0.6) is 0 Å². The van der Waals surface area contributed by atoms with Gasteiger partial charge in [-0.05, 0) is 37.7 Å². The molecule has 1 heterocycles. The molecule has 1 fully saturated rings. The minimum atomic E-state index is -0.000621. The van der Waals surface area contributed by atoms with Gasteiger partial charge < -0.3 is 9.47 Å². The fourth-order valence-electron chi connectivity index (χ4n) is 3.05. The highest BCUT2D eigenvalue weighted by Gasteiger charge is 2.28.